The summed E-state index contributed by atoms with van der Waals surface area (Å²) >= 11 is 0. The number of methoxy groups -OCH3 is 1. The summed E-state index contributed by atoms with van der Waals surface area (Å²) < 4.78 is 10.8. The number of nitrogens with zero attached hydrogens (tertiary/aromatic N) is 2. The summed E-state index contributed by atoms with van der Waals surface area (Å²) in [4.78, 5) is 16.3. The first-order chi connectivity index (χ1) is 14.0. The van der Waals surface area contributed by atoms with Crippen molar-refractivity contribution in [2.75, 3.05) is 38.2 Å². The molecule has 0 aromatic heterocycles. The minimum atomic E-state index is -0.772. The normalized spacial score (nSPS) is 21.8. The highest BCUT2D eigenvalue weighted by Crippen LogP contribution is 2.33. The standard InChI is InChI=1S/C23H28N2O4/c1-17-3-5-18(6-4-17)23(27)11-13-24(14-12-23)15-21-16-25(22(26)29-21)19-7-9-20(28-2)10-8-19/h3-10,21,27H,11-16H2,1-2H3/t21-/m0/s1. The van der Waals surface area contributed by atoms with Gasteiger partial charge in [-0.3, -0.25) is 9.80 Å². The minimum absolute atomic E-state index is 0.171. The number of carbonyl (C=O) groups excluding carboxylic acids is 1. The van der Waals surface area contributed by atoms with Crippen LogP contribution in [0.2, 0.25) is 0 Å². The number of hydrogen-bond acceptors (Lipinski definition) is 5. The summed E-state index contributed by atoms with van der Waals surface area (Å²) in [6.07, 6.45) is 0.876. The molecule has 0 bridgehead atoms. The predicted molar refractivity (Wildman–Crippen MR) is 111 cm³/mol. The molecule has 2 saturated heterocycles. The molecular formula is C23H28N2O4. The van der Waals surface area contributed by atoms with Gasteiger partial charge in [0.25, 0.3) is 0 Å². The van der Waals surface area contributed by atoms with Crippen LogP contribution in [0.3, 0.4) is 0 Å². The van der Waals surface area contributed by atoms with Crippen molar-refractivity contribution in [2.24, 2.45) is 0 Å². The van der Waals surface area contributed by atoms with Crippen LogP contribution in [0.15, 0.2) is 48.5 Å². The fraction of sp³-hybridized carbons (Fsp3) is 0.435. The Morgan fingerprint density at radius 2 is 1.76 bits per heavy atom. The van der Waals surface area contributed by atoms with E-state index in [9.17, 15) is 9.90 Å². The zero-order valence-corrected chi connectivity index (χ0v) is 17.0. The molecule has 0 unspecified atom stereocenters. The average Bonchev–Trinajstić information content (AvgIpc) is 3.10. The van der Waals surface area contributed by atoms with E-state index in [0.717, 1.165) is 30.1 Å². The highest BCUT2D eigenvalue weighted by molar-refractivity contribution is 5.89. The van der Waals surface area contributed by atoms with Gasteiger partial charge in [0.15, 0.2) is 0 Å². The SMILES string of the molecule is COc1ccc(N2C[C@H](CN3CCC(O)(c4ccc(C)cc4)CC3)OC2=O)cc1. The molecule has 2 aromatic carbocycles. The molecule has 4 rings (SSSR count). The van der Waals surface area contributed by atoms with Crippen LogP contribution in [0.1, 0.15) is 24.0 Å². The summed E-state index contributed by atoms with van der Waals surface area (Å²) in [5.41, 5.74) is 2.22. The van der Waals surface area contributed by atoms with Crippen LogP contribution in [0.4, 0.5) is 10.5 Å². The number of rotatable bonds is 5. The average molecular weight is 396 g/mol. The Kier molecular flexibility index (Phi) is 5.48. The second-order valence-electron chi connectivity index (χ2n) is 8.01. The fourth-order valence-electron chi connectivity index (χ4n) is 4.14. The molecule has 2 fully saturated rings. The van der Waals surface area contributed by atoms with Crippen LogP contribution in [0.5, 0.6) is 5.75 Å². The number of aliphatic hydroxyl groups is 1. The van der Waals surface area contributed by atoms with E-state index in [1.165, 1.54) is 5.56 Å². The monoisotopic (exact) mass is 396 g/mol. The number of hydrogen-bond donors (Lipinski definition) is 1. The first-order valence-electron chi connectivity index (χ1n) is 10.1. The number of likely N-dealkylation sites (tertiary alicyclic amines) is 1. The molecular weight excluding hydrogens is 368 g/mol. The van der Waals surface area contributed by atoms with Gasteiger partial charge in [0, 0.05) is 25.3 Å². The molecule has 2 aromatic rings. The number of piperidine rings is 1. The van der Waals surface area contributed by atoms with Gasteiger partial charge in [-0.1, -0.05) is 29.8 Å². The van der Waals surface area contributed by atoms with Gasteiger partial charge in [-0.15, -0.1) is 0 Å². The number of aryl methyl sites for hydroxylation is 1. The van der Waals surface area contributed by atoms with Gasteiger partial charge in [0.1, 0.15) is 11.9 Å². The number of anilines is 1. The number of ether oxygens (including phenoxy) is 2. The number of carbonyl (C=O) groups is 1. The highest BCUT2D eigenvalue weighted by Gasteiger charge is 2.37. The second kappa shape index (κ2) is 8.05. The van der Waals surface area contributed by atoms with Crippen LogP contribution in [0, 0.1) is 6.92 Å². The van der Waals surface area contributed by atoms with Crippen LogP contribution in [-0.4, -0.2) is 55.5 Å². The van der Waals surface area contributed by atoms with Gasteiger partial charge in [-0.2, -0.15) is 0 Å². The van der Waals surface area contributed by atoms with Gasteiger partial charge in [-0.05, 0) is 49.6 Å². The molecule has 29 heavy (non-hydrogen) atoms. The first kappa shape index (κ1) is 19.7. The summed E-state index contributed by atoms with van der Waals surface area (Å²) in [6.45, 7) is 4.82. The quantitative estimate of drug-likeness (QED) is 0.840. The Morgan fingerprint density at radius 1 is 1.10 bits per heavy atom. The Morgan fingerprint density at radius 3 is 2.38 bits per heavy atom. The number of benzene rings is 2. The maximum absolute atomic E-state index is 12.3. The molecule has 6 heteroatoms. The Bertz CT molecular complexity index is 842. The number of cyclic esters (lactones) is 1. The van der Waals surface area contributed by atoms with Gasteiger partial charge in [0.05, 0.1) is 19.3 Å². The van der Waals surface area contributed by atoms with Crippen molar-refractivity contribution >= 4 is 11.8 Å². The van der Waals surface area contributed by atoms with Crippen molar-refractivity contribution < 1.29 is 19.4 Å². The van der Waals surface area contributed by atoms with Gasteiger partial charge < -0.3 is 14.6 Å². The summed E-state index contributed by atoms with van der Waals surface area (Å²) in [5, 5.41) is 11.1. The van der Waals surface area contributed by atoms with Crippen LogP contribution in [-0.2, 0) is 10.3 Å². The second-order valence-corrected chi connectivity index (χ2v) is 8.01. The van der Waals surface area contributed by atoms with Gasteiger partial charge in [0.2, 0.25) is 0 Å². The Labute approximate surface area is 171 Å². The van der Waals surface area contributed by atoms with Crippen LogP contribution >= 0.6 is 0 Å². The van der Waals surface area contributed by atoms with Gasteiger partial charge in [-0.25, -0.2) is 4.79 Å². The molecule has 6 nitrogen and oxygen atoms in total. The van der Waals surface area contributed by atoms with E-state index in [1.807, 2.05) is 48.5 Å². The lowest BCUT2D eigenvalue weighted by molar-refractivity contribution is -0.0325. The maximum atomic E-state index is 12.3. The molecule has 0 aliphatic carbocycles. The van der Waals surface area contributed by atoms with E-state index >= 15 is 0 Å². The topological polar surface area (TPSA) is 62.2 Å². The van der Waals surface area contributed by atoms with Crippen molar-refractivity contribution in [1.82, 2.24) is 4.90 Å². The van der Waals surface area contributed by atoms with Gasteiger partial charge >= 0.3 is 6.09 Å². The van der Waals surface area contributed by atoms with Crippen molar-refractivity contribution in [1.29, 1.82) is 0 Å². The van der Waals surface area contributed by atoms with Crippen molar-refractivity contribution in [3.63, 3.8) is 0 Å². The zero-order valence-electron chi connectivity index (χ0n) is 17.0. The molecule has 154 valence electrons. The van der Waals surface area contributed by atoms with Crippen molar-refractivity contribution in [3.05, 3.63) is 59.7 Å². The summed E-state index contributed by atoms with van der Waals surface area (Å²) in [6, 6.07) is 15.6. The lowest BCUT2D eigenvalue weighted by Crippen LogP contribution is -2.45. The highest BCUT2D eigenvalue weighted by atomic mass is 16.6. The predicted octanol–water partition coefficient (Wildman–Crippen LogP) is 3.31. The summed E-state index contributed by atoms with van der Waals surface area (Å²) in [5.74, 6) is 0.757. The smallest absolute Gasteiger partial charge is 0.414 e. The summed E-state index contributed by atoms with van der Waals surface area (Å²) in [7, 11) is 1.62. The third kappa shape index (κ3) is 4.23. The van der Waals surface area contributed by atoms with E-state index < -0.39 is 5.60 Å². The molecule has 1 N–H and O–H groups in total. The molecule has 0 radical (unpaired) electrons. The molecule has 0 saturated carbocycles. The molecule has 2 heterocycles. The van der Waals surface area contributed by atoms with E-state index in [1.54, 1.807) is 12.0 Å². The lowest BCUT2D eigenvalue weighted by atomic mass is 9.84. The van der Waals surface area contributed by atoms with Crippen LogP contribution in [0.25, 0.3) is 0 Å². The first-order valence-corrected chi connectivity index (χ1v) is 10.1. The third-order valence-corrected chi connectivity index (χ3v) is 5.99. The Hall–Kier alpha value is -2.57. The van der Waals surface area contributed by atoms with E-state index in [-0.39, 0.29) is 12.2 Å². The fourth-order valence-corrected chi connectivity index (χ4v) is 4.14. The Balaban J connectivity index is 1.32. The number of amides is 1. The molecule has 1 amide bonds. The van der Waals surface area contributed by atoms with Crippen molar-refractivity contribution in [2.45, 2.75) is 31.5 Å². The largest absolute Gasteiger partial charge is 0.497 e. The molecule has 2 aliphatic heterocycles. The van der Waals surface area contributed by atoms with Crippen LogP contribution < -0.4 is 9.64 Å². The van der Waals surface area contributed by atoms with E-state index in [2.05, 4.69) is 11.8 Å². The molecule has 0 spiro atoms. The maximum Gasteiger partial charge on any atom is 0.414 e. The third-order valence-electron chi connectivity index (χ3n) is 5.99. The lowest BCUT2D eigenvalue weighted by Gasteiger charge is -2.39. The van der Waals surface area contributed by atoms with Crippen molar-refractivity contribution in [3.8, 4) is 5.75 Å². The minimum Gasteiger partial charge on any atom is -0.497 e. The van der Waals surface area contributed by atoms with E-state index in [4.69, 9.17) is 9.47 Å². The molecule has 1 atom stereocenters. The molecule has 2 aliphatic rings. The zero-order chi connectivity index (χ0) is 20.4. The van der Waals surface area contributed by atoms with E-state index in [0.29, 0.717) is 25.9 Å².